The number of carbonyl (C=O) groups is 2. The molecule has 10 nitrogen and oxygen atoms in total. The number of carbonyl (C=O) groups excluding carboxylic acids is 2. The average Bonchev–Trinajstić information content (AvgIpc) is 2.71. The van der Waals surface area contributed by atoms with Gasteiger partial charge >= 0.3 is 0 Å². The summed E-state index contributed by atoms with van der Waals surface area (Å²) in [6.45, 7) is 1.67. The van der Waals surface area contributed by atoms with Crippen molar-refractivity contribution in [2.75, 3.05) is 43.9 Å². The molecule has 0 bridgehead atoms. The van der Waals surface area contributed by atoms with E-state index in [0.29, 0.717) is 31.0 Å². The van der Waals surface area contributed by atoms with Crippen molar-refractivity contribution in [1.29, 1.82) is 0 Å². The van der Waals surface area contributed by atoms with E-state index in [4.69, 9.17) is 11.5 Å². The molecule has 0 radical (unpaired) electrons. The molecular formula is C20H24N6O4. The van der Waals surface area contributed by atoms with E-state index in [9.17, 15) is 19.8 Å². The molecule has 0 spiro atoms. The summed E-state index contributed by atoms with van der Waals surface area (Å²) in [6, 6.07) is 5.74. The molecule has 0 aromatic heterocycles. The average molecular weight is 412 g/mol. The van der Waals surface area contributed by atoms with Crippen LogP contribution in [0.15, 0.2) is 29.3 Å². The first-order valence-electron chi connectivity index (χ1n) is 9.35. The fraction of sp³-hybridized carbons (Fsp3) is 0.250. The van der Waals surface area contributed by atoms with Crippen LogP contribution >= 0.6 is 0 Å². The molecule has 2 aromatic carbocycles. The van der Waals surface area contributed by atoms with Gasteiger partial charge in [-0.05, 0) is 31.3 Å². The number of ketones is 2. The highest BCUT2D eigenvalue weighted by molar-refractivity contribution is 6.33. The van der Waals surface area contributed by atoms with Crippen LogP contribution in [-0.2, 0) is 0 Å². The lowest BCUT2D eigenvalue weighted by Gasteiger charge is -2.24. The van der Waals surface area contributed by atoms with Gasteiger partial charge in [-0.25, -0.2) is 0 Å². The molecule has 1 aliphatic carbocycles. The first-order chi connectivity index (χ1) is 14.4. The second kappa shape index (κ2) is 8.70. The molecule has 0 amide bonds. The third-order valence-electron chi connectivity index (χ3n) is 4.69. The van der Waals surface area contributed by atoms with Crippen LogP contribution in [0.25, 0.3) is 0 Å². The van der Waals surface area contributed by atoms with Gasteiger partial charge in [-0.1, -0.05) is 0 Å². The zero-order valence-electron chi connectivity index (χ0n) is 16.5. The number of guanidine groups is 1. The van der Waals surface area contributed by atoms with E-state index in [1.807, 2.05) is 0 Å². The van der Waals surface area contributed by atoms with E-state index in [2.05, 4.69) is 20.9 Å². The second-order valence-electron chi connectivity index (χ2n) is 6.69. The molecule has 0 saturated heterocycles. The first-order valence-corrected chi connectivity index (χ1v) is 9.35. The minimum Gasteiger partial charge on any atom is -0.507 e. The Morgan fingerprint density at radius 2 is 1.33 bits per heavy atom. The number of hydrogen-bond donors (Lipinski definition) is 7. The fourth-order valence-corrected chi connectivity index (χ4v) is 3.36. The summed E-state index contributed by atoms with van der Waals surface area (Å²) in [5, 5.41) is 29.8. The molecule has 30 heavy (non-hydrogen) atoms. The smallest absolute Gasteiger partial charge is 0.200 e. The predicted molar refractivity (Wildman–Crippen MR) is 115 cm³/mol. The second-order valence-corrected chi connectivity index (χ2v) is 6.69. The van der Waals surface area contributed by atoms with Gasteiger partial charge in [-0.2, -0.15) is 0 Å². The molecule has 10 heteroatoms. The van der Waals surface area contributed by atoms with Crippen LogP contribution in [0.4, 0.5) is 11.4 Å². The molecule has 0 atom stereocenters. The molecule has 0 heterocycles. The van der Waals surface area contributed by atoms with E-state index >= 15 is 0 Å². The van der Waals surface area contributed by atoms with Gasteiger partial charge in [0.15, 0.2) is 5.96 Å². The lowest BCUT2D eigenvalue weighted by atomic mass is 9.81. The maximum absolute atomic E-state index is 13.3. The van der Waals surface area contributed by atoms with Crippen molar-refractivity contribution in [2.45, 2.75) is 0 Å². The Hall–Kier alpha value is -3.79. The quantitative estimate of drug-likeness (QED) is 0.118. The molecule has 158 valence electrons. The minimum absolute atomic E-state index is 0.000116. The summed E-state index contributed by atoms with van der Waals surface area (Å²) in [5.74, 6) is -1.79. The van der Waals surface area contributed by atoms with Crippen LogP contribution in [0.2, 0.25) is 0 Å². The number of nitrogens with two attached hydrogens (primary N) is 2. The van der Waals surface area contributed by atoms with E-state index in [-0.39, 0.29) is 46.3 Å². The number of anilines is 2. The number of fused-ring (bicyclic) bond motifs is 2. The van der Waals surface area contributed by atoms with E-state index in [1.165, 1.54) is 24.3 Å². The van der Waals surface area contributed by atoms with Crippen LogP contribution in [0.5, 0.6) is 11.5 Å². The van der Waals surface area contributed by atoms with Gasteiger partial charge < -0.3 is 37.6 Å². The zero-order valence-corrected chi connectivity index (χ0v) is 16.5. The van der Waals surface area contributed by atoms with Gasteiger partial charge in [0.05, 0.1) is 28.8 Å². The molecule has 0 aliphatic heterocycles. The molecular weight excluding hydrogens is 388 g/mol. The van der Waals surface area contributed by atoms with Crippen molar-refractivity contribution >= 4 is 28.9 Å². The van der Waals surface area contributed by atoms with Crippen molar-refractivity contribution in [3.05, 3.63) is 46.5 Å². The molecule has 3 rings (SSSR count). The summed E-state index contributed by atoms with van der Waals surface area (Å²) in [4.78, 5) is 30.4. The van der Waals surface area contributed by atoms with Gasteiger partial charge in [-0.3, -0.25) is 14.6 Å². The largest absolute Gasteiger partial charge is 0.507 e. The molecule has 2 aromatic rings. The molecule has 0 fully saturated rings. The van der Waals surface area contributed by atoms with Gasteiger partial charge in [0.25, 0.3) is 0 Å². The van der Waals surface area contributed by atoms with Gasteiger partial charge in [0.2, 0.25) is 11.6 Å². The van der Waals surface area contributed by atoms with Crippen LogP contribution in [0.1, 0.15) is 31.8 Å². The number of nitrogens with zero attached hydrogens (tertiary/aromatic N) is 1. The standard InChI is InChI=1S/C20H24N6O4/c1-23-6-7-24-10-2-4-12(27)16-14(10)18(29)17-13(28)5-3-11(15(17)19(16)30)25-8-9-26-20(21)22/h2-5,23-25,27-28H,6-9H2,1H3,(H4,21,22,26). The Balaban J connectivity index is 2.05. The summed E-state index contributed by atoms with van der Waals surface area (Å²) >= 11 is 0. The monoisotopic (exact) mass is 412 g/mol. The highest BCUT2D eigenvalue weighted by Crippen LogP contribution is 2.42. The van der Waals surface area contributed by atoms with Gasteiger partial charge in [0, 0.05) is 31.0 Å². The minimum atomic E-state index is -0.561. The van der Waals surface area contributed by atoms with Crippen molar-refractivity contribution in [2.24, 2.45) is 16.5 Å². The molecule has 1 aliphatic rings. The Labute approximate surface area is 173 Å². The van der Waals surface area contributed by atoms with Crippen LogP contribution in [-0.4, -0.2) is 61.0 Å². The van der Waals surface area contributed by atoms with Gasteiger partial charge in [-0.15, -0.1) is 0 Å². The van der Waals surface area contributed by atoms with Crippen molar-refractivity contribution in [3.63, 3.8) is 0 Å². The highest BCUT2D eigenvalue weighted by atomic mass is 16.3. The maximum atomic E-state index is 13.3. The summed E-state index contributed by atoms with van der Waals surface area (Å²) < 4.78 is 0. The molecule has 0 saturated carbocycles. The molecule has 0 unspecified atom stereocenters. The number of phenolic OH excluding ortho intramolecular Hbond substituents is 2. The Morgan fingerprint density at radius 3 is 1.80 bits per heavy atom. The van der Waals surface area contributed by atoms with Crippen molar-refractivity contribution < 1.29 is 19.8 Å². The number of rotatable bonds is 8. The first kappa shape index (κ1) is 20.9. The zero-order chi connectivity index (χ0) is 21.8. The van der Waals surface area contributed by atoms with Gasteiger partial charge in [0.1, 0.15) is 11.5 Å². The summed E-state index contributed by atoms with van der Waals surface area (Å²) in [6.07, 6.45) is 0. The van der Waals surface area contributed by atoms with Crippen LogP contribution in [0, 0.1) is 0 Å². The van der Waals surface area contributed by atoms with E-state index in [1.54, 1.807) is 7.05 Å². The predicted octanol–water partition coefficient (Wildman–Crippen LogP) is 0.190. The maximum Gasteiger partial charge on any atom is 0.200 e. The lowest BCUT2D eigenvalue weighted by Crippen LogP contribution is -2.26. The summed E-state index contributed by atoms with van der Waals surface area (Å²) in [5.41, 5.74) is 11.2. The fourth-order valence-electron chi connectivity index (χ4n) is 3.36. The van der Waals surface area contributed by atoms with Crippen LogP contribution in [0.3, 0.4) is 0 Å². The topological polar surface area (TPSA) is 175 Å². The SMILES string of the molecule is CNCCNc1ccc(O)c2c1C(=O)c1c(O)ccc(NCCN=C(N)N)c1C2=O. The lowest BCUT2D eigenvalue weighted by molar-refractivity contribution is 0.0975. The van der Waals surface area contributed by atoms with Crippen molar-refractivity contribution in [3.8, 4) is 11.5 Å². The number of hydrogen-bond acceptors (Lipinski definition) is 8. The number of likely N-dealkylation sites (N-methyl/N-ethyl adjacent to an activating group) is 1. The Kier molecular flexibility index (Phi) is 6.07. The Bertz CT molecular complexity index is 1030. The number of aliphatic imine (C=N–C) groups is 1. The Morgan fingerprint density at radius 1 is 0.833 bits per heavy atom. The van der Waals surface area contributed by atoms with E-state index in [0.717, 1.165) is 0 Å². The van der Waals surface area contributed by atoms with Crippen molar-refractivity contribution in [1.82, 2.24) is 5.32 Å². The number of phenols is 2. The number of nitrogens with one attached hydrogen (secondary N) is 3. The normalized spacial score (nSPS) is 12.2. The van der Waals surface area contributed by atoms with E-state index < -0.39 is 11.6 Å². The number of benzene rings is 2. The molecule has 9 N–H and O–H groups in total. The third kappa shape index (κ3) is 3.85. The highest BCUT2D eigenvalue weighted by Gasteiger charge is 2.37. The summed E-state index contributed by atoms with van der Waals surface area (Å²) in [7, 11) is 1.79. The third-order valence-corrected chi connectivity index (χ3v) is 4.69. The van der Waals surface area contributed by atoms with Crippen LogP contribution < -0.4 is 27.4 Å². The number of aromatic hydroxyl groups is 2.